The molecule has 0 spiro atoms. The molecular weight excluding hydrogens is 414 g/mol. The number of nitrogens with one attached hydrogen (secondary N) is 1. The molecule has 0 fully saturated rings. The van der Waals surface area contributed by atoms with Crippen molar-refractivity contribution in [1.29, 1.82) is 5.26 Å². The molecule has 0 saturated carbocycles. The predicted octanol–water partition coefficient (Wildman–Crippen LogP) is 3.47. The van der Waals surface area contributed by atoms with Crippen molar-refractivity contribution in [2.45, 2.75) is 19.5 Å². The third kappa shape index (κ3) is 4.63. The van der Waals surface area contributed by atoms with Crippen LogP contribution in [0.25, 0.3) is 16.9 Å². The Kier molecular flexibility index (Phi) is 5.78. The van der Waals surface area contributed by atoms with Crippen LogP contribution in [-0.2, 0) is 6.54 Å². The number of carbonyl (C=O) groups is 1. The van der Waals surface area contributed by atoms with Crippen molar-refractivity contribution in [3.8, 4) is 23.0 Å². The molecule has 1 unspecified atom stereocenters. The molecule has 0 aliphatic carbocycles. The highest BCUT2D eigenvalue weighted by Gasteiger charge is 2.14. The molecule has 1 aromatic carbocycles. The molecule has 1 N–H and O–H groups in total. The quantitative estimate of drug-likeness (QED) is 0.503. The van der Waals surface area contributed by atoms with Gasteiger partial charge in [0.25, 0.3) is 5.91 Å². The van der Waals surface area contributed by atoms with Crippen LogP contribution in [0, 0.1) is 11.3 Å². The first-order chi connectivity index (χ1) is 15.0. The number of halogens is 1. The Labute approximate surface area is 183 Å². The standard InChI is InChI=1S/C22H18ClN7O/c1-15(27-22(31)21-13-29(14-26-21)18-3-2-7-25-11-18)12-30-8-6-20(28-30)16-4-5-17(10-24)19(23)9-16/h2-9,11,13-15H,12H2,1H3,(H,27,31). The van der Waals surface area contributed by atoms with Gasteiger partial charge in [-0.2, -0.15) is 10.4 Å². The van der Waals surface area contributed by atoms with Crippen LogP contribution in [0.3, 0.4) is 0 Å². The van der Waals surface area contributed by atoms with Crippen molar-refractivity contribution in [3.05, 3.63) is 83.8 Å². The first kappa shape index (κ1) is 20.3. The normalized spacial score (nSPS) is 11.6. The largest absolute Gasteiger partial charge is 0.346 e. The minimum atomic E-state index is -0.263. The summed E-state index contributed by atoms with van der Waals surface area (Å²) in [6, 6.07) is 12.6. The zero-order valence-corrected chi connectivity index (χ0v) is 17.4. The van der Waals surface area contributed by atoms with Crippen LogP contribution in [0.2, 0.25) is 5.02 Å². The Morgan fingerprint density at radius 3 is 2.94 bits per heavy atom. The fourth-order valence-electron chi connectivity index (χ4n) is 3.09. The number of nitriles is 1. The number of nitrogens with zero attached hydrogens (tertiary/aromatic N) is 6. The van der Waals surface area contributed by atoms with Crippen LogP contribution in [0.5, 0.6) is 0 Å². The molecular formula is C22H18ClN7O. The fourth-order valence-corrected chi connectivity index (χ4v) is 3.32. The Morgan fingerprint density at radius 1 is 1.32 bits per heavy atom. The number of imidazole rings is 1. The summed E-state index contributed by atoms with van der Waals surface area (Å²) < 4.78 is 3.50. The zero-order valence-electron chi connectivity index (χ0n) is 16.6. The molecule has 0 aliphatic rings. The van der Waals surface area contributed by atoms with Gasteiger partial charge in [-0.25, -0.2) is 4.98 Å². The Hall–Kier alpha value is -3.96. The number of pyridine rings is 1. The summed E-state index contributed by atoms with van der Waals surface area (Å²) in [5.41, 5.74) is 3.13. The van der Waals surface area contributed by atoms with E-state index in [1.807, 2.05) is 37.4 Å². The Morgan fingerprint density at radius 2 is 2.19 bits per heavy atom. The van der Waals surface area contributed by atoms with Gasteiger partial charge in [-0.1, -0.05) is 17.7 Å². The second-order valence-electron chi connectivity index (χ2n) is 6.98. The summed E-state index contributed by atoms with van der Waals surface area (Å²) in [4.78, 5) is 20.8. The maximum absolute atomic E-state index is 12.5. The van der Waals surface area contributed by atoms with Gasteiger partial charge >= 0.3 is 0 Å². The number of benzene rings is 1. The first-order valence-corrected chi connectivity index (χ1v) is 9.90. The molecule has 31 heavy (non-hydrogen) atoms. The maximum Gasteiger partial charge on any atom is 0.271 e. The molecule has 0 bridgehead atoms. The van der Waals surface area contributed by atoms with Crippen LogP contribution in [0.4, 0.5) is 0 Å². The van der Waals surface area contributed by atoms with Crippen LogP contribution < -0.4 is 5.32 Å². The molecule has 3 aromatic heterocycles. The summed E-state index contributed by atoms with van der Waals surface area (Å²) >= 11 is 6.11. The van der Waals surface area contributed by atoms with E-state index in [9.17, 15) is 4.79 Å². The molecule has 4 rings (SSSR count). The molecule has 4 aromatic rings. The predicted molar refractivity (Wildman–Crippen MR) is 116 cm³/mol. The molecule has 0 radical (unpaired) electrons. The smallest absolute Gasteiger partial charge is 0.271 e. The van der Waals surface area contributed by atoms with E-state index in [-0.39, 0.29) is 11.9 Å². The molecule has 0 aliphatic heterocycles. The topological polar surface area (TPSA) is 101 Å². The fraction of sp³-hybridized carbons (Fsp3) is 0.136. The van der Waals surface area contributed by atoms with Crippen LogP contribution in [-0.4, -0.2) is 36.3 Å². The van der Waals surface area contributed by atoms with Gasteiger partial charge < -0.3 is 9.88 Å². The highest BCUT2D eigenvalue weighted by Crippen LogP contribution is 2.24. The van der Waals surface area contributed by atoms with E-state index in [1.165, 1.54) is 0 Å². The Bertz CT molecular complexity index is 1260. The van der Waals surface area contributed by atoms with E-state index in [0.29, 0.717) is 22.8 Å². The van der Waals surface area contributed by atoms with Crippen molar-refractivity contribution in [2.24, 2.45) is 0 Å². The van der Waals surface area contributed by atoms with Crippen molar-refractivity contribution in [3.63, 3.8) is 0 Å². The molecule has 3 heterocycles. The van der Waals surface area contributed by atoms with E-state index in [4.69, 9.17) is 16.9 Å². The average molecular weight is 432 g/mol. The molecule has 0 saturated heterocycles. The summed E-state index contributed by atoms with van der Waals surface area (Å²) in [6.45, 7) is 2.38. The van der Waals surface area contributed by atoms with Crippen LogP contribution in [0.1, 0.15) is 23.0 Å². The summed E-state index contributed by atoms with van der Waals surface area (Å²) in [7, 11) is 0. The van der Waals surface area contributed by atoms with Crippen molar-refractivity contribution in [1.82, 2.24) is 29.6 Å². The molecule has 1 atom stereocenters. The lowest BCUT2D eigenvalue weighted by atomic mass is 10.1. The van der Waals surface area contributed by atoms with Crippen molar-refractivity contribution in [2.75, 3.05) is 0 Å². The van der Waals surface area contributed by atoms with Gasteiger partial charge in [0.2, 0.25) is 0 Å². The third-order valence-electron chi connectivity index (χ3n) is 4.62. The van der Waals surface area contributed by atoms with Crippen LogP contribution >= 0.6 is 11.6 Å². The van der Waals surface area contributed by atoms with Gasteiger partial charge in [-0.15, -0.1) is 0 Å². The minimum Gasteiger partial charge on any atom is -0.346 e. The van der Waals surface area contributed by atoms with E-state index in [1.54, 1.807) is 52.4 Å². The van der Waals surface area contributed by atoms with Crippen molar-refractivity contribution >= 4 is 17.5 Å². The van der Waals surface area contributed by atoms with Gasteiger partial charge in [0.1, 0.15) is 18.1 Å². The number of aromatic nitrogens is 5. The van der Waals surface area contributed by atoms with Gasteiger partial charge in [0.15, 0.2) is 0 Å². The number of rotatable bonds is 6. The average Bonchev–Trinajstić information content (AvgIpc) is 3.44. The second kappa shape index (κ2) is 8.81. The summed E-state index contributed by atoms with van der Waals surface area (Å²) in [5, 5.41) is 16.9. The van der Waals surface area contributed by atoms with Gasteiger partial charge in [0, 0.05) is 30.2 Å². The lowest BCUT2D eigenvalue weighted by molar-refractivity contribution is 0.0931. The van der Waals surface area contributed by atoms with Gasteiger partial charge in [-0.3, -0.25) is 14.5 Å². The maximum atomic E-state index is 12.5. The van der Waals surface area contributed by atoms with Crippen LogP contribution in [0.15, 0.2) is 67.5 Å². The highest BCUT2D eigenvalue weighted by molar-refractivity contribution is 6.32. The zero-order chi connectivity index (χ0) is 21.8. The van der Waals surface area contributed by atoms with E-state index in [2.05, 4.69) is 20.4 Å². The summed E-state index contributed by atoms with van der Waals surface area (Å²) in [5.74, 6) is -0.263. The monoisotopic (exact) mass is 431 g/mol. The third-order valence-corrected chi connectivity index (χ3v) is 4.94. The number of carbonyl (C=O) groups excluding carboxylic acids is 1. The molecule has 9 heteroatoms. The van der Waals surface area contributed by atoms with E-state index < -0.39 is 0 Å². The number of hydrogen-bond donors (Lipinski definition) is 1. The minimum absolute atomic E-state index is 0.173. The molecule has 154 valence electrons. The first-order valence-electron chi connectivity index (χ1n) is 9.52. The van der Waals surface area contributed by atoms with Crippen molar-refractivity contribution < 1.29 is 4.79 Å². The van der Waals surface area contributed by atoms with Gasteiger partial charge in [-0.05, 0) is 37.3 Å². The number of amides is 1. The number of hydrogen-bond acceptors (Lipinski definition) is 5. The summed E-state index contributed by atoms with van der Waals surface area (Å²) in [6.07, 6.45) is 8.47. The second-order valence-corrected chi connectivity index (χ2v) is 7.39. The van der Waals surface area contributed by atoms with E-state index in [0.717, 1.165) is 16.9 Å². The lowest BCUT2D eigenvalue weighted by Crippen LogP contribution is -2.36. The lowest BCUT2D eigenvalue weighted by Gasteiger charge is -2.13. The Balaban J connectivity index is 1.39. The molecule has 8 nitrogen and oxygen atoms in total. The SMILES string of the molecule is CC(Cn1ccc(-c2ccc(C#N)c(Cl)c2)n1)NC(=O)c1cn(-c2cccnc2)cn1. The highest BCUT2D eigenvalue weighted by atomic mass is 35.5. The molecule has 1 amide bonds. The van der Waals surface area contributed by atoms with E-state index >= 15 is 0 Å². The van der Waals surface area contributed by atoms with Gasteiger partial charge in [0.05, 0.1) is 34.7 Å².